The maximum Gasteiger partial charge on any atom is 0.270 e. The number of halogens is 1. The smallest absolute Gasteiger partial charge is 0.270 e. The second-order valence-electron chi connectivity index (χ2n) is 5.96. The summed E-state index contributed by atoms with van der Waals surface area (Å²) in [4.78, 5) is 10.5. The highest BCUT2D eigenvalue weighted by atomic mass is 35.5. The molecule has 0 saturated heterocycles. The van der Waals surface area contributed by atoms with Crippen molar-refractivity contribution in [2.24, 2.45) is 5.10 Å². The molecule has 2 aromatic carbocycles. The van der Waals surface area contributed by atoms with Gasteiger partial charge in [-0.2, -0.15) is 5.10 Å². The molecule has 1 N–H and O–H groups in total. The minimum Gasteiger partial charge on any atom is -0.459 e. The second kappa shape index (κ2) is 6.65. The summed E-state index contributed by atoms with van der Waals surface area (Å²) in [5.41, 5.74) is 5.73. The van der Waals surface area contributed by atoms with E-state index >= 15 is 0 Å². The van der Waals surface area contributed by atoms with Crippen LogP contribution in [0, 0.1) is 10.1 Å². The van der Waals surface area contributed by atoms with E-state index in [0.29, 0.717) is 22.8 Å². The number of nitro groups is 1. The molecule has 0 amide bonds. The Kier molecular flexibility index (Phi) is 4.18. The monoisotopic (exact) mass is 367 g/mol. The molecule has 0 aliphatic carbocycles. The third-order valence-corrected chi connectivity index (χ3v) is 4.49. The second-order valence-corrected chi connectivity index (χ2v) is 6.40. The minimum absolute atomic E-state index is 0.0350. The van der Waals surface area contributed by atoms with Crippen LogP contribution in [-0.4, -0.2) is 10.6 Å². The average Bonchev–Trinajstić information content (AvgIpc) is 3.32. The molecule has 0 saturated carbocycles. The van der Waals surface area contributed by atoms with Gasteiger partial charge in [-0.1, -0.05) is 35.9 Å². The molecular formula is C19H14ClN3O3. The van der Waals surface area contributed by atoms with Crippen molar-refractivity contribution in [1.82, 2.24) is 5.43 Å². The number of rotatable bonds is 4. The van der Waals surface area contributed by atoms with E-state index in [-0.39, 0.29) is 11.7 Å². The summed E-state index contributed by atoms with van der Waals surface area (Å²) in [6.07, 6.45) is 0.684. The SMILES string of the molecule is O=[N+]([O-])c1cccc(-c2ccc([C@H]3CC(c4ccc(Cl)cc4)=NN3)o2)c1. The fraction of sp³-hybridized carbons (Fsp3) is 0.105. The Morgan fingerprint density at radius 3 is 2.69 bits per heavy atom. The van der Waals surface area contributed by atoms with Gasteiger partial charge in [-0.05, 0) is 29.8 Å². The number of nitrogens with one attached hydrogen (secondary N) is 1. The maximum absolute atomic E-state index is 10.9. The molecule has 1 aliphatic heterocycles. The summed E-state index contributed by atoms with van der Waals surface area (Å²) in [5.74, 6) is 1.32. The van der Waals surface area contributed by atoms with Crippen molar-refractivity contribution in [3.05, 3.63) is 87.1 Å². The topological polar surface area (TPSA) is 80.7 Å². The highest BCUT2D eigenvalue weighted by molar-refractivity contribution is 6.30. The molecule has 0 radical (unpaired) electrons. The molecule has 0 fully saturated rings. The van der Waals surface area contributed by atoms with Crippen LogP contribution in [0.1, 0.15) is 23.8 Å². The van der Waals surface area contributed by atoms with Crippen molar-refractivity contribution in [2.75, 3.05) is 0 Å². The molecule has 130 valence electrons. The van der Waals surface area contributed by atoms with Crippen LogP contribution in [0.15, 0.2) is 70.2 Å². The van der Waals surface area contributed by atoms with Gasteiger partial charge in [-0.3, -0.25) is 15.5 Å². The summed E-state index contributed by atoms with van der Waals surface area (Å²) < 4.78 is 5.91. The van der Waals surface area contributed by atoms with Gasteiger partial charge in [0.25, 0.3) is 5.69 Å². The zero-order valence-electron chi connectivity index (χ0n) is 13.6. The lowest BCUT2D eigenvalue weighted by Gasteiger charge is -2.06. The largest absolute Gasteiger partial charge is 0.459 e. The summed E-state index contributed by atoms with van der Waals surface area (Å²) >= 11 is 5.92. The van der Waals surface area contributed by atoms with Crippen LogP contribution in [0.5, 0.6) is 0 Å². The third kappa shape index (κ3) is 3.19. The van der Waals surface area contributed by atoms with Gasteiger partial charge in [0.1, 0.15) is 17.6 Å². The van der Waals surface area contributed by atoms with Crippen LogP contribution < -0.4 is 5.43 Å². The van der Waals surface area contributed by atoms with Crippen molar-refractivity contribution in [1.29, 1.82) is 0 Å². The first-order valence-corrected chi connectivity index (χ1v) is 8.40. The summed E-state index contributed by atoms with van der Waals surface area (Å²) in [7, 11) is 0. The van der Waals surface area contributed by atoms with Crippen LogP contribution in [-0.2, 0) is 0 Å². The molecule has 3 aromatic rings. The van der Waals surface area contributed by atoms with E-state index in [1.165, 1.54) is 12.1 Å². The molecule has 26 heavy (non-hydrogen) atoms. The van der Waals surface area contributed by atoms with E-state index in [9.17, 15) is 10.1 Å². The first-order valence-electron chi connectivity index (χ1n) is 8.03. The molecule has 7 heteroatoms. The number of hydrazone groups is 1. The Hall–Kier alpha value is -3.12. The van der Waals surface area contributed by atoms with Crippen LogP contribution in [0.3, 0.4) is 0 Å². The fourth-order valence-electron chi connectivity index (χ4n) is 2.90. The van der Waals surface area contributed by atoms with Crippen molar-refractivity contribution < 1.29 is 9.34 Å². The summed E-state index contributed by atoms with van der Waals surface area (Å²) in [5, 5.41) is 16.0. The van der Waals surface area contributed by atoms with Gasteiger partial charge >= 0.3 is 0 Å². The Balaban J connectivity index is 1.52. The number of nitro benzene ring substituents is 1. The van der Waals surface area contributed by atoms with Gasteiger partial charge in [0, 0.05) is 29.1 Å². The molecule has 1 aromatic heterocycles. The number of hydrogen-bond donors (Lipinski definition) is 1. The zero-order valence-corrected chi connectivity index (χ0v) is 14.3. The quantitative estimate of drug-likeness (QED) is 0.522. The molecule has 6 nitrogen and oxygen atoms in total. The number of non-ortho nitro benzene ring substituents is 1. The lowest BCUT2D eigenvalue weighted by Crippen LogP contribution is -2.08. The minimum atomic E-state index is -0.419. The van der Waals surface area contributed by atoms with Crippen molar-refractivity contribution in [2.45, 2.75) is 12.5 Å². The van der Waals surface area contributed by atoms with E-state index in [1.54, 1.807) is 12.1 Å². The van der Waals surface area contributed by atoms with Crippen molar-refractivity contribution in [3.8, 4) is 11.3 Å². The molecule has 0 spiro atoms. The Bertz CT molecular complexity index is 995. The van der Waals surface area contributed by atoms with Crippen LogP contribution >= 0.6 is 11.6 Å². The first kappa shape index (κ1) is 16.4. The number of benzene rings is 2. The van der Waals surface area contributed by atoms with Crippen molar-refractivity contribution >= 4 is 23.0 Å². The van der Waals surface area contributed by atoms with E-state index in [1.807, 2.05) is 36.4 Å². The van der Waals surface area contributed by atoms with E-state index in [4.69, 9.17) is 16.0 Å². The molecule has 2 heterocycles. The molecule has 4 rings (SSSR count). The molecule has 1 aliphatic rings. The fourth-order valence-corrected chi connectivity index (χ4v) is 3.02. The van der Waals surface area contributed by atoms with E-state index < -0.39 is 4.92 Å². The van der Waals surface area contributed by atoms with Gasteiger partial charge in [-0.25, -0.2) is 0 Å². The van der Waals surface area contributed by atoms with E-state index in [0.717, 1.165) is 17.0 Å². The van der Waals surface area contributed by atoms with Gasteiger partial charge < -0.3 is 4.42 Å². The number of furan rings is 1. The predicted molar refractivity (Wildman–Crippen MR) is 99.3 cm³/mol. The van der Waals surface area contributed by atoms with Gasteiger partial charge in [0.05, 0.1) is 10.6 Å². The highest BCUT2D eigenvalue weighted by Gasteiger charge is 2.24. The molecule has 1 atom stereocenters. The summed E-state index contributed by atoms with van der Waals surface area (Å²) in [6.45, 7) is 0. The summed E-state index contributed by atoms with van der Waals surface area (Å²) in [6, 6.07) is 17.5. The number of nitrogens with zero attached hydrogens (tertiary/aromatic N) is 2. The van der Waals surface area contributed by atoms with Gasteiger partial charge in [0.15, 0.2) is 0 Å². The first-order chi connectivity index (χ1) is 12.6. The maximum atomic E-state index is 10.9. The van der Waals surface area contributed by atoms with Gasteiger partial charge in [0.2, 0.25) is 0 Å². The molecule has 0 unspecified atom stereocenters. The Morgan fingerprint density at radius 1 is 1.12 bits per heavy atom. The average molecular weight is 368 g/mol. The van der Waals surface area contributed by atoms with Crippen LogP contribution in [0.25, 0.3) is 11.3 Å². The van der Waals surface area contributed by atoms with Crippen LogP contribution in [0.2, 0.25) is 5.02 Å². The van der Waals surface area contributed by atoms with E-state index in [2.05, 4.69) is 10.5 Å². The normalized spacial score (nSPS) is 16.2. The molecule has 0 bridgehead atoms. The Labute approximate surface area is 154 Å². The van der Waals surface area contributed by atoms with Gasteiger partial charge in [-0.15, -0.1) is 0 Å². The number of hydrogen-bond acceptors (Lipinski definition) is 5. The predicted octanol–water partition coefficient (Wildman–Crippen LogP) is 4.95. The van der Waals surface area contributed by atoms with Crippen LogP contribution in [0.4, 0.5) is 5.69 Å². The standard InChI is InChI=1S/C19H14ClN3O3/c20-14-6-4-12(5-7-14)16-11-17(22-21-16)19-9-8-18(26-19)13-2-1-3-15(10-13)23(24)25/h1-10,17,22H,11H2/t17-/m1/s1. The highest BCUT2D eigenvalue weighted by Crippen LogP contribution is 2.31. The third-order valence-electron chi connectivity index (χ3n) is 4.24. The lowest BCUT2D eigenvalue weighted by molar-refractivity contribution is -0.384. The Morgan fingerprint density at radius 2 is 1.92 bits per heavy atom. The van der Waals surface area contributed by atoms with Crippen molar-refractivity contribution in [3.63, 3.8) is 0 Å². The lowest BCUT2D eigenvalue weighted by atomic mass is 10.0. The molecular weight excluding hydrogens is 354 g/mol. The zero-order chi connectivity index (χ0) is 18.1.